The van der Waals surface area contributed by atoms with Gasteiger partial charge in [0, 0.05) is 24.2 Å². The van der Waals surface area contributed by atoms with Gasteiger partial charge < -0.3 is 5.32 Å². The Morgan fingerprint density at radius 3 is 2.52 bits per heavy atom. The molecule has 0 fully saturated rings. The van der Waals surface area contributed by atoms with Crippen LogP contribution in [0.15, 0.2) is 18.2 Å². The Balaban J connectivity index is 1.69. The zero-order chi connectivity index (χ0) is 17.1. The molecule has 0 saturated heterocycles. The van der Waals surface area contributed by atoms with Crippen LogP contribution in [0.3, 0.4) is 0 Å². The van der Waals surface area contributed by atoms with Crippen molar-refractivity contribution in [3.8, 4) is 0 Å². The first-order chi connectivity index (χ1) is 10.6. The Kier molecular flexibility index (Phi) is 5.90. The molecule has 0 saturated carbocycles. The van der Waals surface area contributed by atoms with Gasteiger partial charge in [-0.25, -0.2) is 4.72 Å². The van der Waals surface area contributed by atoms with Crippen LogP contribution in [0.4, 0.5) is 13.2 Å². The number of rotatable bonds is 7. The van der Waals surface area contributed by atoms with Gasteiger partial charge >= 0.3 is 6.18 Å². The first kappa shape index (κ1) is 18.5. The summed E-state index contributed by atoms with van der Waals surface area (Å²) in [4.78, 5) is 0. The Hall–Kier alpha value is -0.870. The van der Waals surface area contributed by atoms with Crippen LogP contribution in [0, 0.1) is 0 Å². The molecular formula is C13H17ClF3N3O2S. The van der Waals surface area contributed by atoms with E-state index >= 15 is 0 Å². The number of alkyl halides is 3. The topological polar surface area (TPSA) is 70.2 Å². The quantitative estimate of drug-likeness (QED) is 0.634. The molecule has 1 aromatic rings. The third-order valence-corrected chi connectivity index (χ3v) is 4.76. The minimum absolute atomic E-state index is 0.000786. The summed E-state index contributed by atoms with van der Waals surface area (Å²) < 4.78 is 62.0. The second-order valence-corrected chi connectivity index (χ2v) is 7.33. The molecule has 0 amide bonds. The highest BCUT2D eigenvalue weighted by atomic mass is 35.5. The monoisotopic (exact) mass is 371 g/mol. The first-order valence-electron chi connectivity index (χ1n) is 6.96. The lowest BCUT2D eigenvalue weighted by atomic mass is 10.1. The normalized spacial score (nSPS) is 18.2. The highest BCUT2D eigenvalue weighted by molar-refractivity contribution is 7.87. The maximum atomic E-state index is 12.0. The van der Waals surface area contributed by atoms with E-state index in [-0.39, 0.29) is 12.6 Å². The number of hydrogen-bond donors (Lipinski definition) is 3. The fourth-order valence-corrected chi connectivity index (χ4v) is 3.44. The molecule has 1 atom stereocenters. The standard InChI is InChI=1S/C13H17ClF3N3O2S/c14-11-2-1-9-6-12(7-10(9)5-11)18-3-4-19-23(21,22)20-8-13(15,16)17/h1-2,5,12,18-20H,3-4,6-8H2. The molecule has 0 spiro atoms. The zero-order valence-corrected chi connectivity index (χ0v) is 13.7. The number of benzene rings is 1. The maximum Gasteiger partial charge on any atom is 0.402 e. The van der Waals surface area contributed by atoms with Crippen molar-refractivity contribution in [2.45, 2.75) is 25.1 Å². The molecule has 1 aromatic carbocycles. The van der Waals surface area contributed by atoms with E-state index in [0.717, 1.165) is 18.4 Å². The fourth-order valence-electron chi connectivity index (χ4n) is 2.42. The van der Waals surface area contributed by atoms with Crippen LogP contribution >= 0.6 is 11.6 Å². The van der Waals surface area contributed by atoms with Gasteiger partial charge in [0.15, 0.2) is 0 Å². The third-order valence-electron chi connectivity index (χ3n) is 3.41. The fraction of sp³-hybridized carbons (Fsp3) is 0.538. The van der Waals surface area contributed by atoms with E-state index in [0.29, 0.717) is 11.6 Å². The van der Waals surface area contributed by atoms with Gasteiger partial charge in [0.1, 0.15) is 6.54 Å². The SMILES string of the molecule is O=S(=O)(NCCNC1Cc2ccc(Cl)cc2C1)NCC(F)(F)F. The molecule has 23 heavy (non-hydrogen) atoms. The molecule has 1 unspecified atom stereocenters. The van der Waals surface area contributed by atoms with Crippen molar-refractivity contribution in [2.24, 2.45) is 0 Å². The van der Waals surface area contributed by atoms with E-state index < -0.39 is 22.9 Å². The average Bonchev–Trinajstić information content (AvgIpc) is 2.83. The van der Waals surface area contributed by atoms with Crippen molar-refractivity contribution in [2.75, 3.05) is 19.6 Å². The van der Waals surface area contributed by atoms with E-state index in [2.05, 4.69) is 10.0 Å². The van der Waals surface area contributed by atoms with Crippen LogP contribution in [-0.4, -0.2) is 40.3 Å². The van der Waals surface area contributed by atoms with E-state index in [9.17, 15) is 21.6 Å². The minimum atomic E-state index is -4.58. The molecular weight excluding hydrogens is 355 g/mol. The second kappa shape index (κ2) is 7.35. The largest absolute Gasteiger partial charge is 0.402 e. The van der Waals surface area contributed by atoms with Crippen LogP contribution in [0.1, 0.15) is 11.1 Å². The predicted molar refractivity (Wildman–Crippen MR) is 81.6 cm³/mol. The lowest BCUT2D eigenvalue weighted by Gasteiger charge is -2.13. The molecule has 0 aliphatic heterocycles. The van der Waals surface area contributed by atoms with Gasteiger partial charge in [0.25, 0.3) is 10.2 Å². The van der Waals surface area contributed by atoms with E-state index in [4.69, 9.17) is 11.6 Å². The first-order valence-corrected chi connectivity index (χ1v) is 8.82. The van der Waals surface area contributed by atoms with Crippen molar-refractivity contribution >= 4 is 21.8 Å². The lowest BCUT2D eigenvalue weighted by Crippen LogP contribution is -2.44. The zero-order valence-electron chi connectivity index (χ0n) is 12.1. The Morgan fingerprint density at radius 1 is 1.13 bits per heavy atom. The highest BCUT2D eigenvalue weighted by Gasteiger charge is 2.29. The molecule has 5 nitrogen and oxygen atoms in total. The summed E-state index contributed by atoms with van der Waals surface area (Å²) in [6.45, 7) is -1.27. The lowest BCUT2D eigenvalue weighted by molar-refractivity contribution is -0.121. The summed E-state index contributed by atoms with van der Waals surface area (Å²) in [7, 11) is -4.15. The van der Waals surface area contributed by atoms with Crippen molar-refractivity contribution in [3.63, 3.8) is 0 Å². The molecule has 10 heteroatoms. The Labute approximate surface area is 137 Å². The van der Waals surface area contributed by atoms with Gasteiger partial charge in [0.2, 0.25) is 0 Å². The van der Waals surface area contributed by atoms with Crippen LogP contribution < -0.4 is 14.8 Å². The molecule has 130 valence electrons. The predicted octanol–water partition coefficient (Wildman–Crippen LogP) is 1.38. The molecule has 2 rings (SSSR count). The maximum absolute atomic E-state index is 12.0. The van der Waals surface area contributed by atoms with E-state index in [1.807, 2.05) is 18.2 Å². The number of fused-ring (bicyclic) bond motifs is 1. The third kappa shape index (κ3) is 6.27. The molecule has 3 N–H and O–H groups in total. The molecule has 1 aliphatic carbocycles. The minimum Gasteiger partial charge on any atom is -0.312 e. The molecule has 0 radical (unpaired) electrons. The summed E-state index contributed by atoms with van der Waals surface area (Å²) in [5.74, 6) is 0. The molecule has 1 aliphatic rings. The van der Waals surface area contributed by atoms with Gasteiger partial charge in [0.05, 0.1) is 0 Å². The van der Waals surface area contributed by atoms with E-state index in [1.165, 1.54) is 10.3 Å². The number of nitrogens with one attached hydrogen (secondary N) is 3. The van der Waals surface area contributed by atoms with Crippen LogP contribution in [0.2, 0.25) is 5.02 Å². The molecule has 0 heterocycles. The van der Waals surface area contributed by atoms with Crippen molar-refractivity contribution in [1.82, 2.24) is 14.8 Å². The number of hydrogen-bond acceptors (Lipinski definition) is 3. The smallest absolute Gasteiger partial charge is 0.312 e. The van der Waals surface area contributed by atoms with Crippen molar-refractivity contribution in [1.29, 1.82) is 0 Å². The summed E-state index contributed by atoms with van der Waals surface area (Å²) in [5, 5.41) is 3.85. The van der Waals surface area contributed by atoms with E-state index in [1.54, 1.807) is 0 Å². The van der Waals surface area contributed by atoms with Gasteiger partial charge in [-0.1, -0.05) is 17.7 Å². The molecule has 0 aromatic heterocycles. The van der Waals surface area contributed by atoms with Crippen LogP contribution in [0.25, 0.3) is 0 Å². The van der Waals surface area contributed by atoms with Gasteiger partial charge in [-0.3, -0.25) is 0 Å². The van der Waals surface area contributed by atoms with Crippen molar-refractivity contribution in [3.05, 3.63) is 34.3 Å². The molecule has 0 bridgehead atoms. The van der Waals surface area contributed by atoms with Gasteiger partial charge in [-0.15, -0.1) is 0 Å². The average molecular weight is 372 g/mol. The summed E-state index contributed by atoms with van der Waals surface area (Å²) in [5.41, 5.74) is 2.35. The van der Waals surface area contributed by atoms with Crippen LogP contribution in [0.5, 0.6) is 0 Å². The number of halogens is 4. The van der Waals surface area contributed by atoms with Crippen LogP contribution in [-0.2, 0) is 23.1 Å². The Morgan fingerprint density at radius 2 is 1.83 bits per heavy atom. The Bertz CT molecular complexity index is 652. The van der Waals surface area contributed by atoms with Gasteiger partial charge in [-0.05, 0) is 36.1 Å². The van der Waals surface area contributed by atoms with Gasteiger partial charge in [-0.2, -0.15) is 26.3 Å². The summed E-state index contributed by atoms with van der Waals surface area (Å²) >= 11 is 5.93. The summed E-state index contributed by atoms with van der Waals surface area (Å²) in [6.07, 6.45) is -2.98. The summed E-state index contributed by atoms with van der Waals surface area (Å²) in [6, 6.07) is 5.85. The van der Waals surface area contributed by atoms with Crippen molar-refractivity contribution < 1.29 is 21.6 Å². The second-order valence-electron chi connectivity index (χ2n) is 5.31. The highest BCUT2D eigenvalue weighted by Crippen LogP contribution is 2.25.